The first-order valence-electron chi connectivity index (χ1n) is 21.2. The first-order valence-corrected chi connectivity index (χ1v) is 25.3. The van der Waals surface area contributed by atoms with Gasteiger partial charge in [-0.15, -0.1) is 0 Å². The molecule has 1 saturated carbocycles. The average Bonchev–Trinajstić information content (AvgIpc) is 3.73. The molecule has 0 aliphatic heterocycles. The standard InChI is InChI=1S/C44H40ClF10N7O7S2/c1-6-7-33(64)69-21-62(71(5,67)68)40-35-30(45)11-10-27(37(35)61(59-40)20-42(48,49)50)26-9-8-25(12-13-41(2,3)70(4,65)66)56-36(26)31(16-22-14-23(46)17-24(47)15-22)57-32(63)19-60-39-34(38(58-60)44(53,54)55)28-18-29(28)43(39,51)52/h8-11,14-15,17,28-29,31H,6-7,16,18-21H2,1-5H3,(H,57,63)/t28-,29+,31-/m0/s1. The third-order valence-electron chi connectivity index (χ3n) is 11.7. The molecular weight excluding hydrogens is 1030 g/mol. The molecule has 14 nitrogen and oxygen atoms in total. The van der Waals surface area contributed by atoms with Gasteiger partial charge in [0.15, 0.2) is 28.1 Å². The van der Waals surface area contributed by atoms with Gasteiger partial charge in [0.2, 0.25) is 15.9 Å². The van der Waals surface area contributed by atoms with Crippen molar-refractivity contribution in [2.45, 2.75) is 94.5 Å². The highest BCUT2D eigenvalue weighted by Gasteiger charge is 2.68. The molecule has 2 aromatic carbocycles. The summed E-state index contributed by atoms with van der Waals surface area (Å²) in [4.78, 5) is 31.1. The fraction of sp³-hybridized carbons (Fsp3) is 0.432. The third-order valence-corrected chi connectivity index (χ3v) is 15.1. The molecule has 3 aromatic heterocycles. The highest BCUT2D eigenvalue weighted by molar-refractivity contribution is 7.92. The number of esters is 1. The van der Waals surface area contributed by atoms with Gasteiger partial charge in [-0.2, -0.15) is 45.3 Å². The smallest absolute Gasteiger partial charge is 0.435 e. The zero-order valence-electron chi connectivity index (χ0n) is 37.7. The van der Waals surface area contributed by atoms with E-state index in [4.69, 9.17) is 16.3 Å². The molecule has 7 rings (SSSR count). The number of aromatic nitrogens is 5. The molecule has 3 heterocycles. The van der Waals surface area contributed by atoms with Crippen molar-refractivity contribution in [3.05, 3.63) is 93.0 Å². The van der Waals surface area contributed by atoms with Gasteiger partial charge in [0.1, 0.15) is 40.9 Å². The summed E-state index contributed by atoms with van der Waals surface area (Å²) in [5.74, 6) is -6.58. The lowest BCUT2D eigenvalue weighted by molar-refractivity contribution is -0.143. The van der Waals surface area contributed by atoms with Crippen molar-refractivity contribution in [3.8, 4) is 23.0 Å². The summed E-state index contributed by atoms with van der Waals surface area (Å²) in [5, 5.41) is 8.97. The van der Waals surface area contributed by atoms with Gasteiger partial charge >= 0.3 is 18.3 Å². The normalized spacial score (nSPS) is 17.0. The van der Waals surface area contributed by atoms with Crippen LogP contribution in [-0.2, 0) is 65.8 Å². The number of ether oxygens (including phenoxy) is 1. The number of halogens is 11. The number of pyridine rings is 1. The fourth-order valence-corrected chi connectivity index (χ4v) is 9.31. The van der Waals surface area contributed by atoms with Gasteiger partial charge in [0.05, 0.1) is 33.9 Å². The summed E-state index contributed by atoms with van der Waals surface area (Å²) in [6.07, 6.45) is -9.59. The molecule has 3 atom stereocenters. The number of nitrogens with zero attached hydrogens (tertiary/aromatic N) is 6. The summed E-state index contributed by atoms with van der Waals surface area (Å²) in [6, 6.07) is 4.99. The van der Waals surface area contributed by atoms with Gasteiger partial charge in [-0.05, 0) is 80.8 Å². The van der Waals surface area contributed by atoms with Gasteiger partial charge in [0, 0.05) is 41.4 Å². The number of fused-ring (bicyclic) bond motifs is 4. The molecule has 5 aromatic rings. The van der Waals surface area contributed by atoms with Crippen LogP contribution in [0.15, 0.2) is 42.5 Å². The first kappa shape index (κ1) is 52.9. The number of carbonyl (C=O) groups excluding carboxylic acids is 2. The van der Waals surface area contributed by atoms with Crippen molar-refractivity contribution >= 4 is 60.1 Å². The van der Waals surface area contributed by atoms with Gasteiger partial charge in [0.25, 0.3) is 5.92 Å². The van der Waals surface area contributed by atoms with E-state index in [2.05, 4.69) is 32.3 Å². The van der Waals surface area contributed by atoms with Crippen LogP contribution in [0, 0.1) is 29.4 Å². The van der Waals surface area contributed by atoms with E-state index in [0.29, 0.717) is 21.3 Å². The molecule has 27 heteroatoms. The molecule has 0 unspecified atom stereocenters. The maximum atomic E-state index is 15.6. The van der Waals surface area contributed by atoms with E-state index in [0.717, 1.165) is 30.5 Å². The lowest BCUT2D eigenvalue weighted by atomic mass is 9.93. The highest BCUT2D eigenvalue weighted by Crippen LogP contribution is 2.68. The van der Waals surface area contributed by atoms with E-state index in [1.807, 2.05) is 0 Å². The Morgan fingerprint density at radius 1 is 0.972 bits per heavy atom. The Hall–Kier alpha value is -5.94. The van der Waals surface area contributed by atoms with Crippen LogP contribution in [0.2, 0.25) is 5.02 Å². The molecule has 0 spiro atoms. The van der Waals surface area contributed by atoms with Crippen LogP contribution < -0.4 is 9.62 Å². The van der Waals surface area contributed by atoms with Gasteiger partial charge < -0.3 is 10.1 Å². The lowest BCUT2D eigenvalue weighted by Crippen LogP contribution is -2.35. The molecule has 2 aliphatic carbocycles. The molecule has 1 fully saturated rings. The number of nitrogens with one attached hydrogen (secondary N) is 1. The third kappa shape index (κ3) is 11.0. The minimum Gasteiger partial charge on any atom is -0.443 e. The van der Waals surface area contributed by atoms with Crippen molar-refractivity contribution in [2.24, 2.45) is 5.92 Å². The second kappa shape index (κ2) is 18.6. The highest BCUT2D eigenvalue weighted by atomic mass is 35.5. The number of sulfonamides is 1. The minimum absolute atomic E-state index is 0.167. The van der Waals surface area contributed by atoms with Crippen LogP contribution in [0.25, 0.3) is 22.0 Å². The number of alkyl halides is 8. The Bertz CT molecular complexity index is 3250. The number of benzene rings is 2. The van der Waals surface area contributed by atoms with Gasteiger partial charge in [-0.3, -0.25) is 19.0 Å². The van der Waals surface area contributed by atoms with Crippen LogP contribution in [0.1, 0.15) is 85.9 Å². The van der Waals surface area contributed by atoms with Crippen LogP contribution in [0.4, 0.5) is 49.7 Å². The zero-order valence-corrected chi connectivity index (χ0v) is 40.1. The summed E-state index contributed by atoms with van der Waals surface area (Å²) in [7, 11) is -8.45. The Morgan fingerprint density at radius 3 is 2.21 bits per heavy atom. The quantitative estimate of drug-likeness (QED) is 0.0464. The van der Waals surface area contributed by atoms with Crippen LogP contribution >= 0.6 is 11.6 Å². The van der Waals surface area contributed by atoms with Crippen molar-refractivity contribution < 1.29 is 75.1 Å². The molecule has 1 N–H and O–H groups in total. The largest absolute Gasteiger partial charge is 0.443 e. The van der Waals surface area contributed by atoms with Gasteiger partial charge in [-0.1, -0.05) is 30.5 Å². The van der Waals surface area contributed by atoms with E-state index in [-0.39, 0.29) is 51.4 Å². The van der Waals surface area contributed by atoms with Crippen molar-refractivity contribution in [1.29, 1.82) is 0 Å². The predicted molar refractivity (Wildman–Crippen MR) is 236 cm³/mol. The SMILES string of the molecule is CCCC(=O)OCN(c1nn(CC(F)(F)F)c2c(-c3ccc(C#CC(C)(C)S(C)(=O)=O)nc3[C@H](Cc3cc(F)cc(F)c3)NC(=O)Cn3nc(C(F)(F)F)c4c3C(F)(F)[C@@H]3C[C@H]43)ccc(Cl)c12)S(C)(=O)=O. The molecule has 0 radical (unpaired) electrons. The maximum Gasteiger partial charge on any atom is 0.435 e. The van der Waals surface area contributed by atoms with Crippen molar-refractivity contribution in [2.75, 3.05) is 23.5 Å². The van der Waals surface area contributed by atoms with Crippen molar-refractivity contribution in [3.63, 3.8) is 0 Å². The number of hydrogen-bond donors (Lipinski definition) is 1. The van der Waals surface area contributed by atoms with E-state index in [9.17, 15) is 61.5 Å². The molecule has 71 heavy (non-hydrogen) atoms. The Morgan fingerprint density at radius 2 is 1.62 bits per heavy atom. The summed E-state index contributed by atoms with van der Waals surface area (Å²) in [5.41, 5.74) is -5.59. The zero-order chi connectivity index (χ0) is 52.6. The second-order valence-corrected chi connectivity index (χ2v) is 22.4. The van der Waals surface area contributed by atoms with E-state index >= 15 is 8.78 Å². The summed E-state index contributed by atoms with van der Waals surface area (Å²) >= 11 is 6.64. The van der Waals surface area contributed by atoms with Crippen LogP contribution in [0.5, 0.6) is 0 Å². The molecule has 2 aliphatic rings. The molecular formula is C44H40ClF10N7O7S2. The topological polar surface area (TPSA) is 175 Å². The van der Waals surface area contributed by atoms with Crippen LogP contribution in [-0.4, -0.2) is 83.4 Å². The van der Waals surface area contributed by atoms with Crippen molar-refractivity contribution in [1.82, 2.24) is 29.9 Å². The number of amides is 1. The number of sulfone groups is 1. The lowest BCUT2D eigenvalue weighted by Gasteiger charge is -2.23. The van der Waals surface area contributed by atoms with Crippen LogP contribution in [0.3, 0.4) is 0 Å². The Labute approximate surface area is 403 Å². The molecule has 0 saturated heterocycles. The Kier molecular flexibility index (Phi) is 13.8. The predicted octanol–water partition coefficient (Wildman–Crippen LogP) is 8.36. The monoisotopic (exact) mass is 1070 g/mol. The number of carbonyl (C=O) groups is 2. The second-order valence-electron chi connectivity index (χ2n) is 17.5. The van der Waals surface area contributed by atoms with E-state index < -0.39 is 150 Å². The maximum absolute atomic E-state index is 15.6. The average molecular weight is 1070 g/mol. The first-order chi connectivity index (χ1) is 32.7. The Balaban J connectivity index is 1.47. The van der Waals surface area contributed by atoms with E-state index in [1.54, 1.807) is 6.92 Å². The number of hydrogen-bond acceptors (Lipinski definition) is 10. The molecule has 0 bridgehead atoms. The number of rotatable bonds is 15. The molecule has 382 valence electrons. The van der Waals surface area contributed by atoms with E-state index in [1.165, 1.54) is 26.0 Å². The summed E-state index contributed by atoms with van der Waals surface area (Å²) in [6.45, 7) is -0.158. The fourth-order valence-electron chi connectivity index (χ4n) is 8.15. The minimum atomic E-state index is -5.21. The number of anilines is 1. The molecule has 1 amide bonds. The summed E-state index contributed by atoms with van der Waals surface area (Å²) < 4.78 is 203. The van der Waals surface area contributed by atoms with Gasteiger partial charge in [-0.25, -0.2) is 34.9 Å².